The molecule has 0 spiro atoms. The zero-order valence-electron chi connectivity index (χ0n) is 22.5. The number of benzene rings is 3. The number of nitrogens with one attached hydrogen (secondary N) is 1. The van der Waals surface area contributed by atoms with E-state index in [1.165, 1.54) is 6.08 Å². The summed E-state index contributed by atoms with van der Waals surface area (Å²) in [5.41, 5.74) is 3.25. The predicted octanol–water partition coefficient (Wildman–Crippen LogP) is 5.49. The van der Waals surface area contributed by atoms with E-state index >= 15 is 0 Å². The Kier molecular flexibility index (Phi) is 11.1. The van der Waals surface area contributed by atoms with Crippen LogP contribution < -0.4 is 10.1 Å². The molecule has 3 aromatic rings. The van der Waals surface area contributed by atoms with Crippen molar-refractivity contribution >= 4 is 17.7 Å². The number of carbonyl (C=O) groups excluding carboxylic acids is 1. The van der Waals surface area contributed by atoms with Gasteiger partial charge in [-0.05, 0) is 29.3 Å². The van der Waals surface area contributed by atoms with Crippen LogP contribution in [-0.4, -0.2) is 51.8 Å². The maximum atomic E-state index is 12.8. The number of nitrogens with zero attached hydrogens (tertiary/aromatic N) is 1. The van der Waals surface area contributed by atoms with Crippen LogP contribution in [-0.2, 0) is 36.9 Å². The molecule has 0 bridgehead atoms. The van der Waals surface area contributed by atoms with Gasteiger partial charge in [0.1, 0.15) is 19.0 Å². The molecule has 9 heteroatoms. The zero-order chi connectivity index (χ0) is 28.0. The number of hydrogen-bond acceptors (Lipinski definition) is 8. The molecule has 1 N–H and O–H groups in total. The second-order valence-corrected chi connectivity index (χ2v) is 8.83. The van der Waals surface area contributed by atoms with Crippen molar-refractivity contribution in [3.63, 3.8) is 0 Å². The van der Waals surface area contributed by atoms with Crippen LogP contribution in [0.25, 0.3) is 0 Å². The largest absolute Gasteiger partial charge is 0.474 e. The average molecular weight is 547 g/mol. The second kappa shape index (κ2) is 15.4. The molecule has 3 aromatic carbocycles. The summed E-state index contributed by atoms with van der Waals surface area (Å²) in [5, 5.41) is 2.94. The standard InChI is InChI=1S/C31H34N2O7/c1-3-16-37-31(34)33-28-26-19-25(40-22-36-18-17-35-2)14-15-27(26)32-30(39-21-24-12-8-5-9-13-24)29(28)38-20-23-10-6-4-7-11-23/h3-15,19,28-29H,1,16-18,20-22H2,2H3,(H,33,34)/t28-,29+/m0/s1. The summed E-state index contributed by atoms with van der Waals surface area (Å²) < 4.78 is 34.1. The van der Waals surface area contributed by atoms with E-state index in [-0.39, 0.29) is 26.6 Å². The average Bonchev–Trinajstić information content (AvgIpc) is 2.99. The summed E-state index contributed by atoms with van der Waals surface area (Å²) in [5.74, 6) is 0.894. The molecule has 9 nitrogen and oxygen atoms in total. The van der Waals surface area contributed by atoms with Gasteiger partial charge in [0.15, 0.2) is 12.9 Å². The van der Waals surface area contributed by atoms with Crippen molar-refractivity contribution in [1.29, 1.82) is 0 Å². The highest BCUT2D eigenvalue weighted by atomic mass is 16.7. The fourth-order valence-corrected chi connectivity index (χ4v) is 4.00. The molecule has 1 aliphatic rings. The molecule has 0 fully saturated rings. The van der Waals surface area contributed by atoms with E-state index in [0.717, 1.165) is 11.1 Å². The Hall–Kier alpha value is -4.18. The molecular weight excluding hydrogens is 512 g/mol. The Balaban J connectivity index is 1.63. The van der Waals surface area contributed by atoms with Gasteiger partial charge in [-0.1, -0.05) is 73.3 Å². The third kappa shape index (κ3) is 8.41. The molecule has 1 aliphatic heterocycles. The highest BCUT2D eigenvalue weighted by molar-refractivity contribution is 5.88. The van der Waals surface area contributed by atoms with Crippen LogP contribution >= 0.6 is 0 Å². The van der Waals surface area contributed by atoms with Crippen molar-refractivity contribution in [2.24, 2.45) is 4.99 Å². The summed E-state index contributed by atoms with van der Waals surface area (Å²) in [6, 6.07) is 24.3. The highest BCUT2D eigenvalue weighted by Crippen LogP contribution is 2.38. The minimum absolute atomic E-state index is 0.0459. The maximum Gasteiger partial charge on any atom is 0.408 e. The minimum Gasteiger partial charge on any atom is -0.474 e. The number of aliphatic imine (C=N–C) groups is 1. The number of ether oxygens (including phenoxy) is 6. The molecule has 0 aromatic heterocycles. The number of hydrogen-bond donors (Lipinski definition) is 1. The fourth-order valence-electron chi connectivity index (χ4n) is 4.00. The van der Waals surface area contributed by atoms with E-state index in [4.69, 9.17) is 33.4 Å². The van der Waals surface area contributed by atoms with Crippen LogP contribution in [0.2, 0.25) is 0 Å². The van der Waals surface area contributed by atoms with Crippen LogP contribution in [0.4, 0.5) is 10.5 Å². The Morgan fingerprint density at radius 3 is 2.38 bits per heavy atom. The van der Waals surface area contributed by atoms with Gasteiger partial charge in [-0.2, -0.15) is 0 Å². The summed E-state index contributed by atoms with van der Waals surface area (Å²) in [4.78, 5) is 17.6. The second-order valence-electron chi connectivity index (χ2n) is 8.83. The number of rotatable bonds is 14. The Labute approximate surface area is 234 Å². The van der Waals surface area contributed by atoms with Gasteiger partial charge in [-0.3, -0.25) is 0 Å². The third-order valence-corrected chi connectivity index (χ3v) is 5.96. The molecular formula is C31H34N2O7. The van der Waals surface area contributed by atoms with E-state index in [0.29, 0.717) is 36.1 Å². The number of amides is 1. The topological polar surface area (TPSA) is 96.8 Å². The lowest BCUT2D eigenvalue weighted by molar-refractivity contribution is -0.00860. The Morgan fingerprint density at radius 1 is 0.950 bits per heavy atom. The van der Waals surface area contributed by atoms with Crippen molar-refractivity contribution in [2.45, 2.75) is 25.4 Å². The minimum atomic E-state index is -0.749. The first-order valence-electron chi connectivity index (χ1n) is 13.0. The number of alkyl carbamates (subject to hydrolysis) is 1. The SMILES string of the molecule is C=CCOC(=O)N[C@H]1c2cc(OCOCCOC)ccc2N=C(OCc2ccccc2)[C@@H]1OCc1ccccc1. The first-order chi connectivity index (χ1) is 19.7. The van der Waals surface area contributed by atoms with E-state index < -0.39 is 18.2 Å². The van der Waals surface area contributed by atoms with Gasteiger partial charge in [0.25, 0.3) is 0 Å². The molecule has 0 unspecified atom stereocenters. The van der Waals surface area contributed by atoms with Crippen LogP contribution in [0, 0.1) is 0 Å². The van der Waals surface area contributed by atoms with Gasteiger partial charge < -0.3 is 33.7 Å². The monoisotopic (exact) mass is 546 g/mol. The molecule has 1 amide bonds. The van der Waals surface area contributed by atoms with Crippen molar-refractivity contribution in [2.75, 3.05) is 33.7 Å². The summed E-state index contributed by atoms with van der Waals surface area (Å²) in [6.07, 6.45) is 0.131. The lowest BCUT2D eigenvalue weighted by Crippen LogP contribution is -2.44. The van der Waals surface area contributed by atoms with Crippen LogP contribution in [0.5, 0.6) is 5.75 Å². The van der Waals surface area contributed by atoms with Gasteiger partial charge in [0.05, 0.1) is 31.5 Å². The quantitative estimate of drug-likeness (QED) is 0.162. The third-order valence-electron chi connectivity index (χ3n) is 5.96. The lowest BCUT2D eigenvalue weighted by atomic mass is 9.96. The fraction of sp³-hybridized carbons (Fsp3) is 0.290. The van der Waals surface area contributed by atoms with E-state index in [1.807, 2.05) is 72.8 Å². The summed E-state index contributed by atoms with van der Waals surface area (Å²) in [6.45, 7) is 5.15. The van der Waals surface area contributed by atoms with E-state index in [2.05, 4.69) is 11.9 Å². The summed E-state index contributed by atoms with van der Waals surface area (Å²) >= 11 is 0. The van der Waals surface area contributed by atoms with Crippen molar-refractivity contribution in [3.05, 3.63) is 108 Å². The van der Waals surface area contributed by atoms with E-state index in [1.54, 1.807) is 13.2 Å². The molecule has 0 aliphatic carbocycles. The van der Waals surface area contributed by atoms with Gasteiger partial charge in [0.2, 0.25) is 5.90 Å². The number of fused-ring (bicyclic) bond motifs is 1. The van der Waals surface area contributed by atoms with Gasteiger partial charge >= 0.3 is 6.09 Å². The molecule has 210 valence electrons. The molecule has 1 heterocycles. The molecule has 0 radical (unpaired) electrons. The van der Waals surface area contributed by atoms with Crippen molar-refractivity contribution < 1.29 is 33.2 Å². The van der Waals surface area contributed by atoms with Gasteiger partial charge in [0, 0.05) is 12.7 Å². The smallest absolute Gasteiger partial charge is 0.408 e. The molecule has 2 atom stereocenters. The van der Waals surface area contributed by atoms with Gasteiger partial charge in [-0.25, -0.2) is 9.79 Å². The first kappa shape index (κ1) is 28.8. The molecule has 0 saturated heterocycles. The van der Waals surface area contributed by atoms with Crippen molar-refractivity contribution in [3.8, 4) is 5.75 Å². The maximum absolute atomic E-state index is 12.8. The molecule has 40 heavy (non-hydrogen) atoms. The first-order valence-corrected chi connectivity index (χ1v) is 13.0. The zero-order valence-corrected chi connectivity index (χ0v) is 22.5. The van der Waals surface area contributed by atoms with Gasteiger partial charge in [-0.15, -0.1) is 0 Å². The predicted molar refractivity (Wildman–Crippen MR) is 151 cm³/mol. The Bertz CT molecular complexity index is 1250. The normalized spacial score (nSPS) is 15.9. The Morgan fingerprint density at radius 2 is 1.68 bits per heavy atom. The number of carbonyl (C=O) groups is 1. The van der Waals surface area contributed by atoms with E-state index in [9.17, 15) is 4.79 Å². The molecule has 4 rings (SSSR count). The molecule has 0 saturated carbocycles. The van der Waals surface area contributed by atoms with Crippen LogP contribution in [0.3, 0.4) is 0 Å². The van der Waals surface area contributed by atoms with Crippen LogP contribution in [0.15, 0.2) is 96.5 Å². The lowest BCUT2D eigenvalue weighted by Gasteiger charge is -2.33. The van der Waals surface area contributed by atoms with Crippen LogP contribution in [0.1, 0.15) is 22.7 Å². The summed E-state index contributed by atoms with van der Waals surface area (Å²) in [7, 11) is 1.61. The van der Waals surface area contributed by atoms with Crippen molar-refractivity contribution in [1.82, 2.24) is 5.32 Å². The highest BCUT2D eigenvalue weighted by Gasteiger charge is 2.37. The number of methoxy groups -OCH3 is 1.